The molecule has 0 bridgehead atoms. The molecule has 28 heavy (non-hydrogen) atoms. The van der Waals surface area contributed by atoms with Crippen molar-refractivity contribution in [3.63, 3.8) is 0 Å². The highest BCUT2D eigenvalue weighted by Crippen LogP contribution is 2.51. The Morgan fingerprint density at radius 2 is 1.61 bits per heavy atom. The topological polar surface area (TPSA) is 0 Å². The number of rotatable bonds is 0. The van der Waals surface area contributed by atoms with Gasteiger partial charge in [-0.3, -0.25) is 0 Å². The first-order valence-electron chi connectivity index (χ1n) is 10.6. The molecule has 1 unspecified atom stereocenters. The highest BCUT2D eigenvalue weighted by molar-refractivity contribution is 6.18. The fourth-order valence-corrected chi connectivity index (χ4v) is 5.34. The maximum atomic E-state index is 2.45. The minimum absolute atomic E-state index is 0.110. The highest BCUT2D eigenvalue weighted by Gasteiger charge is 2.33. The van der Waals surface area contributed by atoms with Crippen LogP contribution >= 0.6 is 0 Å². The Balaban J connectivity index is 2.10. The summed E-state index contributed by atoms with van der Waals surface area (Å²) in [5, 5.41) is 5.89. The summed E-state index contributed by atoms with van der Waals surface area (Å²) in [6.45, 7) is 14.2. The van der Waals surface area contributed by atoms with E-state index < -0.39 is 0 Å². The molecule has 142 valence electrons. The fraction of sp³-hybridized carbons (Fsp3) is 0.357. The van der Waals surface area contributed by atoms with Crippen LogP contribution in [0.25, 0.3) is 33.7 Å². The molecule has 0 amide bonds. The maximum absolute atomic E-state index is 2.45. The summed E-state index contributed by atoms with van der Waals surface area (Å²) < 4.78 is 0. The zero-order chi connectivity index (χ0) is 19.8. The molecule has 0 aliphatic heterocycles. The van der Waals surface area contributed by atoms with Gasteiger partial charge in [0.1, 0.15) is 0 Å². The molecule has 0 heterocycles. The smallest absolute Gasteiger partial charge is 0.00824 e. The van der Waals surface area contributed by atoms with Crippen molar-refractivity contribution in [3.05, 3.63) is 70.3 Å². The second-order valence-corrected chi connectivity index (χ2v) is 10.7. The van der Waals surface area contributed by atoms with Crippen LogP contribution in [0.3, 0.4) is 0 Å². The summed E-state index contributed by atoms with van der Waals surface area (Å²) in [4.78, 5) is 0. The molecule has 0 radical (unpaired) electrons. The van der Waals surface area contributed by atoms with Gasteiger partial charge in [-0.1, -0.05) is 96.2 Å². The van der Waals surface area contributed by atoms with E-state index in [1.807, 2.05) is 0 Å². The van der Waals surface area contributed by atoms with Gasteiger partial charge in [0.15, 0.2) is 0 Å². The predicted octanol–water partition coefficient (Wildman–Crippen LogP) is 8.02. The van der Waals surface area contributed by atoms with Gasteiger partial charge in [-0.15, -0.1) is 0 Å². The molecule has 3 aromatic rings. The van der Waals surface area contributed by atoms with Gasteiger partial charge in [0.05, 0.1) is 0 Å². The largest absolute Gasteiger partial charge is 0.0795 e. The molecule has 0 saturated heterocycles. The van der Waals surface area contributed by atoms with Gasteiger partial charge in [0.2, 0.25) is 0 Å². The molecule has 0 spiro atoms. The summed E-state index contributed by atoms with van der Waals surface area (Å²) in [5.74, 6) is 0.424. The van der Waals surface area contributed by atoms with E-state index in [-0.39, 0.29) is 10.8 Å². The summed E-state index contributed by atoms with van der Waals surface area (Å²) in [7, 11) is 0. The third kappa shape index (κ3) is 2.37. The molecule has 0 N–H and O–H groups in total. The minimum atomic E-state index is 0.110. The quantitative estimate of drug-likeness (QED) is 0.353. The molecule has 3 aromatic carbocycles. The van der Waals surface area contributed by atoms with Crippen molar-refractivity contribution < 1.29 is 0 Å². The van der Waals surface area contributed by atoms with Crippen LogP contribution in [0.4, 0.5) is 0 Å². The molecule has 0 heteroatoms. The lowest BCUT2D eigenvalue weighted by Gasteiger charge is -2.36. The van der Waals surface area contributed by atoms with Gasteiger partial charge >= 0.3 is 0 Å². The average Bonchev–Trinajstić information content (AvgIpc) is 2.63. The van der Waals surface area contributed by atoms with Crippen LogP contribution in [0.5, 0.6) is 0 Å². The number of fused-ring (bicyclic) bond motifs is 2. The van der Waals surface area contributed by atoms with Gasteiger partial charge < -0.3 is 0 Å². The predicted molar refractivity (Wildman–Crippen MR) is 124 cm³/mol. The van der Waals surface area contributed by atoms with Crippen molar-refractivity contribution in [3.8, 4) is 0 Å². The Hall–Kier alpha value is -2.34. The lowest BCUT2D eigenvalue weighted by atomic mass is 9.67. The SMILES string of the molecule is CC(C)(C)c1ccc2c3c(c4c5c(cccc5c13)CC=C4)C(C(C)(C)C)C=C2. The third-order valence-corrected chi connectivity index (χ3v) is 6.63. The van der Waals surface area contributed by atoms with Crippen LogP contribution in [0.1, 0.15) is 75.3 Å². The molecular formula is C28H30. The van der Waals surface area contributed by atoms with Crippen LogP contribution in [-0.2, 0) is 11.8 Å². The van der Waals surface area contributed by atoms with Crippen LogP contribution in [0, 0.1) is 5.41 Å². The molecule has 1 atom stereocenters. The lowest BCUT2D eigenvalue weighted by molar-refractivity contribution is 0.368. The van der Waals surface area contributed by atoms with Crippen LogP contribution in [0.15, 0.2) is 42.5 Å². The van der Waals surface area contributed by atoms with E-state index in [0.29, 0.717) is 5.92 Å². The monoisotopic (exact) mass is 366 g/mol. The normalized spacial score (nSPS) is 18.3. The minimum Gasteiger partial charge on any atom is -0.0795 e. The number of hydrogen-bond donors (Lipinski definition) is 0. The van der Waals surface area contributed by atoms with E-state index >= 15 is 0 Å². The molecule has 0 aromatic heterocycles. The summed E-state index contributed by atoms with van der Waals surface area (Å²) in [6.07, 6.45) is 10.6. The van der Waals surface area contributed by atoms with Crippen LogP contribution < -0.4 is 0 Å². The highest BCUT2D eigenvalue weighted by atomic mass is 14.4. The van der Waals surface area contributed by atoms with Crippen molar-refractivity contribution in [2.24, 2.45) is 5.41 Å². The Morgan fingerprint density at radius 3 is 2.32 bits per heavy atom. The van der Waals surface area contributed by atoms with E-state index in [4.69, 9.17) is 0 Å². The Morgan fingerprint density at radius 1 is 0.821 bits per heavy atom. The van der Waals surface area contributed by atoms with Crippen LogP contribution in [-0.4, -0.2) is 0 Å². The first-order chi connectivity index (χ1) is 13.2. The number of benzene rings is 3. The third-order valence-electron chi connectivity index (χ3n) is 6.63. The van der Waals surface area contributed by atoms with E-state index in [1.54, 1.807) is 5.56 Å². The van der Waals surface area contributed by atoms with Crippen molar-refractivity contribution >= 4 is 33.7 Å². The Kier molecular flexibility index (Phi) is 3.55. The van der Waals surface area contributed by atoms with Crippen molar-refractivity contribution in [2.75, 3.05) is 0 Å². The van der Waals surface area contributed by atoms with Gasteiger partial charge in [0.25, 0.3) is 0 Å². The lowest BCUT2D eigenvalue weighted by Crippen LogP contribution is -2.21. The Bertz CT molecular complexity index is 1190. The van der Waals surface area contributed by atoms with Crippen molar-refractivity contribution in [2.45, 2.75) is 59.3 Å². The second kappa shape index (κ2) is 5.60. The molecule has 2 aliphatic rings. The van der Waals surface area contributed by atoms with Crippen LogP contribution in [0.2, 0.25) is 0 Å². The fourth-order valence-electron chi connectivity index (χ4n) is 5.34. The van der Waals surface area contributed by atoms with Gasteiger partial charge in [0, 0.05) is 5.92 Å². The molecule has 0 fully saturated rings. The van der Waals surface area contributed by atoms with Crippen molar-refractivity contribution in [1.82, 2.24) is 0 Å². The van der Waals surface area contributed by atoms with Crippen molar-refractivity contribution in [1.29, 1.82) is 0 Å². The van der Waals surface area contributed by atoms with E-state index in [0.717, 1.165) is 6.42 Å². The van der Waals surface area contributed by atoms with E-state index in [1.165, 1.54) is 43.8 Å². The number of hydrogen-bond acceptors (Lipinski definition) is 0. The molecule has 0 saturated carbocycles. The molecular weight excluding hydrogens is 336 g/mol. The molecule has 5 rings (SSSR count). The summed E-state index contributed by atoms with van der Waals surface area (Å²) in [6, 6.07) is 11.6. The average molecular weight is 367 g/mol. The van der Waals surface area contributed by atoms with E-state index in [9.17, 15) is 0 Å². The second-order valence-electron chi connectivity index (χ2n) is 10.7. The van der Waals surface area contributed by atoms with Gasteiger partial charge in [-0.25, -0.2) is 0 Å². The Labute approximate surface area is 169 Å². The summed E-state index contributed by atoms with van der Waals surface area (Å²) >= 11 is 0. The summed E-state index contributed by atoms with van der Waals surface area (Å²) in [5.41, 5.74) is 7.61. The maximum Gasteiger partial charge on any atom is 0.00824 e. The molecule has 2 aliphatic carbocycles. The number of allylic oxidation sites excluding steroid dienone is 2. The zero-order valence-corrected chi connectivity index (χ0v) is 18.0. The van der Waals surface area contributed by atoms with Gasteiger partial charge in [-0.2, -0.15) is 0 Å². The zero-order valence-electron chi connectivity index (χ0n) is 18.0. The first-order valence-corrected chi connectivity index (χ1v) is 10.6. The first kappa shape index (κ1) is 17.7. The molecule has 0 nitrogen and oxygen atoms in total. The standard InChI is InChI=1S/C28H30/c1-27(2,3)21-15-13-18-14-16-22(28(4,5)6)26-20-12-8-10-17-9-7-11-19(23(17)20)25(21)24(18)26/h7-9,11-16,22H,10H2,1-6H3. The van der Waals surface area contributed by atoms with E-state index in [2.05, 4.69) is 96.2 Å². The van der Waals surface area contributed by atoms with Gasteiger partial charge in [-0.05, 0) is 66.6 Å².